The van der Waals surface area contributed by atoms with Gasteiger partial charge in [-0.05, 0) is 77.0 Å². The summed E-state index contributed by atoms with van der Waals surface area (Å²) >= 11 is 0. The number of carbonyl (C=O) groups is 2. The fourth-order valence-corrected chi connectivity index (χ4v) is 10.8. The number of unbranched alkanes of at least 4 members (excludes halogenated alkanes) is 42. The first-order valence-electron chi connectivity index (χ1n) is 34.4. The van der Waals surface area contributed by atoms with Crippen LogP contribution in [0.1, 0.15) is 335 Å². The predicted octanol–water partition coefficient (Wildman–Crippen LogP) is 22.1. The second-order valence-electron chi connectivity index (χ2n) is 24.6. The monoisotopic (exact) mass is 1150 g/mol. The van der Waals surface area contributed by atoms with Gasteiger partial charge in [-0.15, -0.1) is 0 Å². The number of quaternary nitrogens is 1. The number of carbonyl (C=O) groups excluding carboxylic acids is 2. The van der Waals surface area contributed by atoms with Crippen molar-refractivity contribution in [2.75, 3.05) is 47.5 Å². The minimum absolute atomic E-state index is 0.0307. The molecule has 0 aliphatic rings. The van der Waals surface area contributed by atoms with E-state index in [1.165, 1.54) is 238 Å². The third-order valence-corrected chi connectivity index (χ3v) is 16.3. The fraction of sp³-hybridized carbons (Fsp3) is 0.857. The molecule has 0 aromatic rings. The molecule has 470 valence electrons. The quantitative estimate of drug-likeness (QED) is 0.0211. The third-order valence-electron chi connectivity index (χ3n) is 15.3. The highest BCUT2D eigenvalue weighted by molar-refractivity contribution is 7.47. The maximum absolute atomic E-state index is 12.8. The van der Waals surface area contributed by atoms with Crippen LogP contribution in [0.25, 0.3) is 0 Å². The van der Waals surface area contributed by atoms with Crippen LogP contribution in [-0.2, 0) is 32.7 Å². The van der Waals surface area contributed by atoms with E-state index in [9.17, 15) is 19.0 Å². The second kappa shape index (κ2) is 61.5. The topological polar surface area (TPSA) is 108 Å². The molecule has 0 aromatic carbocycles. The lowest BCUT2D eigenvalue weighted by molar-refractivity contribution is -0.870. The molecule has 0 heterocycles. The molecule has 2 unspecified atom stereocenters. The van der Waals surface area contributed by atoms with Crippen molar-refractivity contribution < 1.29 is 42.1 Å². The molecule has 0 aliphatic heterocycles. The summed E-state index contributed by atoms with van der Waals surface area (Å²) in [4.78, 5) is 35.7. The zero-order chi connectivity index (χ0) is 58.4. The highest BCUT2D eigenvalue weighted by atomic mass is 31.2. The van der Waals surface area contributed by atoms with Crippen LogP contribution in [0.3, 0.4) is 0 Å². The lowest BCUT2D eigenvalue weighted by Crippen LogP contribution is -2.37. The third kappa shape index (κ3) is 65.1. The summed E-state index contributed by atoms with van der Waals surface area (Å²) in [5.41, 5.74) is 0. The minimum atomic E-state index is -4.39. The van der Waals surface area contributed by atoms with E-state index in [1.54, 1.807) is 0 Å². The van der Waals surface area contributed by atoms with Crippen molar-refractivity contribution >= 4 is 19.8 Å². The summed E-state index contributed by atoms with van der Waals surface area (Å²) in [5, 5.41) is 0. The first-order chi connectivity index (χ1) is 39.0. The van der Waals surface area contributed by atoms with E-state index in [1.807, 2.05) is 21.1 Å². The molecular formula is C70H133NO8P+. The predicted molar refractivity (Wildman–Crippen MR) is 344 cm³/mol. The molecule has 0 aromatic heterocycles. The molecule has 10 heteroatoms. The van der Waals surface area contributed by atoms with Gasteiger partial charge in [-0.3, -0.25) is 18.6 Å². The lowest BCUT2D eigenvalue weighted by atomic mass is 10.0. The standard InChI is InChI=1S/C70H132NO8P/c1-6-8-10-12-14-16-18-20-22-23-24-25-26-27-28-29-30-31-32-33-34-35-36-37-38-39-40-41-42-43-44-45-46-47-49-51-53-55-57-59-61-63-70(73)79-68(67-78-80(74,75)77-65-64-71(3,4)5)66-76-69(72)62-60-58-56-54-52-50-48-21-19-17-15-13-11-9-7-2/h15,17-18,20-21,23-24,48,68H,6-14,16,19,22,25-47,49-67H2,1-5H3/p+1/b17-15-,20-18-,24-23-,48-21-. The van der Waals surface area contributed by atoms with Gasteiger partial charge in [0.05, 0.1) is 27.7 Å². The Morgan fingerprint density at radius 1 is 0.388 bits per heavy atom. The first kappa shape index (κ1) is 78.0. The normalized spacial score (nSPS) is 13.4. The fourth-order valence-electron chi connectivity index (χ4n) is 10.0. The minimum Gasteiger partial charge on any atom is -0.462 e. The molecule has 0 fully saturated rings. The average molecular weight is 1150 g/mol. The molecule has 0 aliphatic carbocycles. The Labute approximate surface area is 496 Å². The van der Waals surface area contributed by atoms with Gasteiger partial charge < -0.3 is 18.9 Å². The molecule has 80 heavy (non-hydrogen) atoms. The number of phosphoric acid groups is 1. The molecule has 1 N–H and O–H groups in total. The van der Waals surface area contributed by atoms with Crippen LogP contribution in [-0.4, -0.2) is 74.9 Å². The molecule has 0 bridgehead atoms. The Kier molecular flexibility index (Phi) is 60.0. The van der Waals surface area contributed by atoms with E-state index >= 15 is 0 Å². The van der Waals surface area contributed by atoms with Gasteiger partial charge in [0.25, 0.3) is 0 Å². The van der Waals surface area contributed by atoms with E-state index in [4.69, 9.17) is 18.5 Å². The van der Waals surface area contributed by atoms with Gasteiger partial charge in [0.2, 0.25) is 0 Å². The van der Waals surface area contributed by atoms with Gasteiger partial charge in [-0.25, -0.2) is 4.57 Å². The van der Waals surface area contributed by atoms with Crippen molar-refractivity contribution in [3.05, 3.63) is 48.6 Å². The molecular weight excluding hydrogens is 1010 g/mol. The van der Waals surface area contributed by atoms with Gasteiger partial charge in [0.1, 0.15) is 19.8 Å². The van der Waals surface area contributed by atoms with Crippen molar-refractivity contribution in [2.24, 2.45) is 0 Å². The van der Waals surface area contributed by atoms with E-state index in [2.05, 4.69) is 62.5 Å². The van der Waals surface area contributed by atoms with Crippen LogP contribution in [0.4, 0.5) is 0 Å². The lowest BCUT2D eigenvalue weighted by Gasteiger charge is -2.24. The number of allylic oxidation sites excluding steroid dienone is 8. The van der Waals surface area contributed by atoms with Gasteiger partial charge in [-0.1, -0.05) is 294 Å². The summed E-state index contributed by atoms with van der Waals surface area (Å²) in [6.45, 7) is 4.42. The van der Waals surface area contributed by atoms with Crippen LogP contribution in [0.2, 0.25) is 0 Å². The Morgan fingerprint density at radius 3 is 1.01 bits per heavy atom. The SMILES string of the molecule is CCCCC/C=C\C/C=C\CCCCCCCC(=O)OCC(COP(=O)(O)OCC[N+](C)(C)C)OC(=O)CCCCCCCCCCCCCCCCCCCCCCCCCCCCCCC/C=C\C/C=C\CCCCCCC. The van der Waals surface area contributed by atoms with Crippen LogP contribution in [0.15, 0.2) is 48.6 Å². The molecule has 0 saturated heterocycles. The molecule has 0 amide bonds. The van der Waals surface area contributed by atoms with E-state index in [-0.39, 0.29) is 32.0 Å². The number of rotatable bonds is 64. The number of ether oxygens (including phenoxy) is 2. The molecule has 2 atom stereocenters. The summed E-state index contributed by atoms with van der Waals surface area (Å²) in [6.07, 6.45) is 79.6. The summed E-state index contributed by atoms with van der Waals surface area (Å²) in [7, 11) is 1.48. The van der Waals surface area contributed by atoms with Gasteiger partial charge in [0.15, 0.2) is 6.10 Å². The van der Waals surface area contributed by atoms with Gasteiger partial charge in [0, 0.05) is 12.8 Å². The zero-order valence-corrected chi connectivity index (χ0v) is 54.5. The molecule has 0 saturated carbocycles. The highest BCUT2D eigenvalue weighted by Gasteiger charge is 2.27. The summed E-state index contributed by atoms with van der Waals surface area (Å²) in [5.74, 6) is -0.800. The smallest absolute Gasteiger partial charge is 0.462 e. The Morgan fingerprint density at radius 2 is 0.675 bits per heavy atom. The first-order valence-corrected chi connectivity index (χ1v) is 35.9. The van der Waals surface area contributed by atoms with Crippen LogP contribution in [0.5, 0.6) is 0 Å². The maximum Gasteiger partial charge on any atom is 0.472 e. The van der Waals surface area contributed by atoms with E-state index < -0.39 is 26.5 Å². The zero-order valence-electron chi connectivity index (χ0n) is 53.6. The van der Waals surface area contributed by atoms with Crippen molar-refractivity contribution in [2.45, 2.75) is 341 Å². The van der Waals surface area contributed by atoms with Gasteiger partial charge >= 0.3 is 19.8 Å². The second-order valence-corrected chi connectivity index (χ2v) is 26.0. The number of hydrogen-bond donors (Lipinski definition) is 1. The van der Waals surface area contributed by atoms with Crippen LogP contribution in [0, 0.1) is 0 Å². The molecule has 0 rings (SSSR count). The maximum atomic E-state index is 12.8. The van der Waals surface area contributed by atoms with Crippen molar-refractivity contribution in [3.8, 4) is 0 Å². The Bertz CT molecular complexity index is 1490. The van der Waals surface area contributed by atoms with Crippen LogP contribution >= 0.6 is 7.82 Å². The number of nitrogens with zero attached hydrogens (tertiary/aromatic N) is 1. The van der Waals surface area contributed by atoms with Crippen molar-refractivity contribution in [3.63, 3.8) is 0 Å². The number of likely N-dealkylation sites (N-methyl/N-ethyl adjacent to an activating group) is 1. The number of phosphoric ester groups is 1. The summed E-state index contributed by atoms with van der Waals surface area (Å²) in [6, 6.07) is 0. The van der Waals surface area contributed by atoms with E-state index in [0.29, 0.717) is 17.4 Å². The Hall–Kier alpha value is -2.03. The summed E-state index contributed by atoms with van der Waals surface area (Å²) < 4.78 is 34.6. The number of hydrogen-bond acceptors (Lipinski definition) is 7. The largest absolute Gasteiger partial charge is 0.472 e. The Balaban J connectivity index is 3.85. The van der Waals surface area contributed by atoms with Gasteiger partial charge in [-0.2, -0.15) is 0 Å². The van der Waals surface area contributed by atoms with E-state index in [0.717, 1.165) is 64.2 Å². The van der Waals surface area contributed by atoms with Crippen LogP contribution < -0.4 is 0 Å². The molecule has 9 nitrogen and oxygen atoms in total. The number of esters is 2. The van der Waals surface area contributed by atoms with Crippen molar-refractivity contribution in [1.29, 1.82) is 0 Å². The van der Waals surface area contributed by atoms with Crippen molar-refractivity contribution in [1.82, 2.24) is 0 Å². The molecule has 0 radical (unpaired) electrons. The average Bonchev–Trinajstić information content (AvgIpc) is 3.42. The highest BCUT2D eigenvalue weighted by Crippen LogP contribution is 2.43. The molecule has 0 spiro atoms.